The van der Waals surface area contributed by atoms with Gasteiger partial charge in [0.25, 0.3) is 0 Å². The van der Waals surface area contributed by atoms with Gasteiger partial charge in [-0.3, -0.25) is 4.79 Å². The number of rotatable bonds is 4. The molecule has 5 nitrogen and oxygen atoms in total. The van der Waals surface area contributed by atoms with Crippen molar-refractivity contribution >= 4 is 38.4 Å². The highest BCUT2D eigenvalue weighted by molar-refractivity contribution is 7.22. The fraction of sp³-hybridized carbons (Fsp3) is 0.462. The van der Waals surface area contributed by atoms with Crippen molar-refractivity contribution < 1.29 is 4.79 Å². The summed E-state index contributed by atoms with van der Waals surface area (Å²) in [5.41, 5.74) is 0.870. The van der Waals surface area contributed by atoms with Gasteiger partial charge in [-0.05, 0) is 32.8 Å². The van der Waals surface area contributed by atoms with Gasteiger partial charge < -0.3 is 10.6 Å². The molecule has 0 unspecified atom stereocenters. The van der Waals surface area contributed by atoms with Crippen LogP contribution in [0.2, 0.25) is 0 Å². The van der Waals surface area contributed by atoms with Crippen LogP contribution in [-0.2, 0) is 4.79 Å². The summed E-state index contributed by atoms with van der Waals surface area (Å²) in [5, 5.41) is 7.04. The molecule has 1 fully saturated rings. The maximum Gasteiger partial charge on any atom is 0.228 e. The average Bonchev–Trinajstić information content (AvgIpc) is 3.10. The van der Waals surface area contributed by atoms with Crippen molar-refractivity contribution in [1.82, 2.24) is 9.97 Å². The molecule has 1 saturated carbocycles. The molecule has 0 saturated heterocycles. The molecule has 19 heavy (non-hydrogen) atoms. The Labute approximate surface area is 115 Å². The van der Waals surface area contributed by atoms with Gasteiger partial charge in [0.2, 0.25) is 5.91 Å². The number of hydrogen-bond acceptors (Lipinski definition) is 5. The van der Waals surface area contributed by atoms with Crippen molar-refractivity contribution in [1.29, 1.82) is 0 Å². The van der Waals surface area contributed by atoms with Crippen LogP contribution in [0.4, 0.5) is 10.9 Å². The fourth-order valence-electron chi connectivity index (χ4n) is 1.82. The zero-order chi connectivity index (χ0) is 13.4. The lowest BCUT2D eigenvalue weighted by Crippen LogP contribution is -2.14. The van der Waals surface area contributed by atoms with Crippen LogP contribution in [-0.4, -0.2) is 21.9 Å². The smallest absolute Gasteiger partial charge is 0.228 e. The molecule has 2 N–H and O–H groups in total. The molecule has 100 valence electrons. The number of amides is 1. The van der Waals surface area contributed by atoms with Crippen LogP contribution in [0.5, 0.6) is 0 Å². The first-order chi connectivity index (χ1) is 9.13. The van der Waals surface area contributed by atoms with E-state index in [4.69, 9.17) is 0 Å². The Morgan fingerprint density at radius 3 is 2.95 bits per heavy atom. The Hall–Kier alpha value is -1.69. The lowest BCUT2D eigenvalue weighted by molar-refractivity contribution is -0.117. The summed E-state index contributed by atoms with van der Waals surface area (Å²) in [6.07, 6.45) is 3.67. The summed E-state index contributed by atoms with van der Waals surface area (Å²) in [4.78, 5) is 20.6. The largest absolute Gasteiger partial charge is 0.359 e. The van der Waals surface area contributed by atoms with Crippen LogP contribution < -0.4 is 10.6 Å². The number of thiazole rings is 1. The predicted octanol–water partition coefficient (Wildman–Crippen LogP) is 2.86. The van der Waals surface area contributed by atoms with Gasteiger partial charge in [-0.1, -0.05) is 11.3 Å². The molecule has 1 aliphatic carbocycles. The van der Waals surface area contributed by atoms with Gasteiger partial charge in [0.1, 0.15) is 0 Å². The van der Waals surface area contributed by atoms with E-state index in [1.165, 1.54) is 11.3 Å². The average molecular weight is 276 g/mol. The fourth-order valence-corrected chi connectivity index (χ4v) is 2.87. The SMILES string of the molecule is CC(C)Nc1nc2ccnc(NC(=O)C3CC3)c2s1. The highest BCUT2D eigenvalue weighted by atomic mass is 32.1. The first kappa shape index (κ1) is 12.3. The van der Waals surface area contributed by atoms with Crippen LogP contribution >= 0.6 is 11.3 Å². The Balaban J connectivity index is 1.90. The first-order valence-corrected chi connectivity index (χ1v) is 7.28. The van der Waals surface area contributed by atoms with Gasteiger partial charge in [0, 0.05) is 18.2 Å². The summed E-state index contributed by atoms with van der Waals surface area (Å²) < 4.78 is 0.930. The van der Waals surface area contributed by atoms with Crippen LogP contribution in [0, 0.1) is 5.92 Å². The van der Waals surface area contributed by atoms with Crippen molar-refractivity contribution in [3.8, 4) is 0 Å². The molecule has 0 radical (unpaired) electrons. The molecule has 2 heterocycles. The molecule has 6 heteroatoms. The van der Waals surface area contributed by atoms with Crippen molar-refractivity contribution in [2.45, 2.75) is 32.7 Å². The molecule has 1 amide bonds. The Morgan fingerprint density at radius 1 is 1.47 bits per heavy atom. The number of aromatic nitrogens is 2. The minimum absolute atomic E-state index is 0.0757. The number of fused-ring (bicyclic) bond motifs is 1. The van der Waals surface area contributed by atoms with E-state index >= 15 is 0 Å². The van der Waals surface area contributed by atoms with Gasteiger partial charge in [-0.15, -0.1) is 0 Å². The van der Waals surface area contributed by atoms with Gasteiger partial charge in [-0.2, -0.15) is 0 Å². The van der Waals surface area contributed by atoms with Crippen molar-refractivity contribution in [2.75, 3.05) is 10.6 Å². The topological polar surface area (TPSA) is 66.9 Å². The number of nitrogens with zero attached hydrogens (tertiary/aromatic N) is 2. The van der Waals surface area contributed by atoms with Crippen molar-refractivity contribution in [3.05, 3.63) is 12.3 Å². The number of carbonyl (C=O) groups excluding carboxylic acids is 1. The lowest BCUT2D eigenvalue weighted by Gasteiger charge is -2.04. The van der Waals surface area contributed by atoms with E-state index in [0.29, 0.717) is 11.9 Å². The molecular formula is C13H16N4OS. The van der Waals surface area contributed by atoms with Crippen molar-refractivity contribution in [2.24, 2.45) is 5.92 Å². The molecular weight excluding hydrogens is 260 g/mol. The zero-order valence-corrected chi connectivity index (χ0v) is 11.8. The Bertz CT molecular complexity index is 618. The second kappa shape index (κ2) is 4.77. The normalized spacial score (nSPS) is 14.9. The van der Waals surface area contributed by atoms with E-state index in [2.05, 4.69) is 34.4 Å². The maximum atomic E-state index is 11.8. The van der Waals surface area contributed by atoms with E-state index in [1.807, 2.05) is 6.07 Å². The van der Waals surface area contributed by atoms with E-state index < -0.39 is 0 Å². The third kappa shape index (κ3) is 2.68. The maximum absolute atomic E-state index is 11.8. The molecule has 0 aliphatic heterocycles. The summed E-state index contributed by atoms with van der Waals surface area (Å²) in [5.74, 6) is 0.883. The molecule has 0 spiro atoms. The minimum Gasteiger partial charge on any atom is -0.359 e. The van der Waals surface area contributed by atoms with Gasteiger partial charge in [0.15, 0.2) is 10.9 Å². The number of nitrogens with one attached hydrogen (secondary N) is 2. The van der Waals surface area contributed by atoms with Crippen molar-refractivity contribution in [3.63, 3.8) is 0 Å². The standard InChI is InChI=1S/C13H16N4OS/c1-7(2)15-13-16-9-5-6-14-11(10(9)19-13)17-12(18)8-3-4-8/h5-8H,3-4H2,1-2H3,(H,15,16)(H,14,17,18). The van der Waals surface area contributed by atoms with Gasteiger partial charge >= 0.3 is 0 Å². The second-order valence-corrected chi connectivity index (χ2v) is 6.09. The van der Waals surface area contributed by atoms with Gasteiger partial charge in [0.05, 0.1) is 10.2 Å². The molecule has 0 bridgehead atoms. The molecule has 1 aliphatic rings. The second-order valence-electron chi connectivity index (χ2n) is 5.09. The predicted molar refractivity (Wildman–Crippen MR) is 77.5 cm³/mol. The highest BCUT2D eigenvalue weighted by Crippen LogP contribution is 2.34. The summed E-state index contributed by atoms with van der Waals surface area (Å²) in [7, 11) is 0. The van der Waals surface area contributed by atoms with Crippen LogP contribution in [0.15, 0.2) is 12.3 Å². The number of hydrogen-bond donors (Lipinski definition) is 2. The lowest BCUT2D eigenvalue weighted by atomic mass is 10.3. The van der Waals surface area contributed by atoms with Gasteiger partial charge in [-0.25, -0.2) is 9.97 Å². The monoisotopic (exact) mass is 276 g/mol. The molecule has 0 atom stereocenters. The molecule has 2 aromatic rings. The summed E-state index contributed by atoms with van der Waals surface area (Å²) >= 11 is 1.53. The van der Waals surface area contributed by atoms with E-state index in [9.17, 15) is 4.79 Å². The highest BCUT2D eigenvalue weighted by Gasteiger charge is 2.30. The third-order valence-corrected chi connectivity index (χ3v) is 3.92. The van der Waals surface area contributed by atoms with Crippen LogP contribution in [0.25, 0.3) is 10.2 Å². The van der Waals surface area contributed by atoms with Crippen LogP contribution in [0.3, 0.4) is 0 Å². The first-order valence-electron chi connectivity index (χ1n) is 6.46. The molecule has 2 aromatic heterocycles. The molecule has 3 rings (SSSR count). The summed E-state index contributed by atoms with van der Waals surface area (Å²) in [6.45, 7) is 4.14. The number of carbonyl (C=O) groups is 1. The third-order valence-electron chi connectivity index (χ3n) is 2.91. The minimum atomic E-state index is 0.0757. The van der Waals surface area contributed by atoms with E-state index in [0.717, 1.165) is 28.2 Å². The summed E-state index contributed by atoms with van der Waals surface area (Å²) in [6, 6.07) is 2.20. The Kier molecular flexibility index (Phi) is 3.10. The number of anilines is 2. The van der Waals surface area contributed by atoms with E-state index in [-0.39, 0.29) is 11.8 Å². The Morgan fingerprint density at radius 2 is 2.26 bits per heavy atom. The van der Waals surface area contributed by atoms with E-state index in [1.54, 1.807) is 6.20 Å². The quantitative estimate of drug-likeness (QED) is 0.901. The van der Waals surface area contributed by atoms with Crippen LogP contribution in [0.1, 0.15) is 26.7 Å². The zero-order valence-electron chi connectivity index (χ0n) is 10.9. The molecule has 0 aromatic carbocycles. The number of pyridine rings is 1.